The number of nitrogens with two attached hydrogens (primary N) is 1. The maximum atomic E-state index is 13.8. The van der Waals surface area contributed by atoms with Crippen LogP contribution in [0, 0.1) is 5.82 Å². The Morgan fingerprint density at radius 3 is 2.65 bits per heavy atom. The number of hydrazine groups is 1. The molecule has 1 heterocycles. The highest BCUT2D eigenvalue weighted by molar-refractivity contribution is 6.31. The predicted molar refractivity (Wildman–Crippen MR) is 68.6 cm³/mol. The molecule has 17 heavy (non-hydrogen) atoms. The number of rotatable bonds is 2. The van der Waals surface area contributed by atoms with Gasteiger partial charge in [-0.25, -0.2) is 9.37 Å². The van der Waals surface area contributed by atoms with E-state index in [1.54, 1.807) is 6.07 Å². The fourth-order valence-electron chi connectivity index (χ4n) is 1.69. The first-order valence-electron chi connectivity index (χ1n) is 5.29. The molecule has 1 aromatic carbocycles. The average molecular weight is 254 g/mol. The van der Waals surface area contributed by atoms with Crippen molar-refractivity contribution >= 4 is 28.2 Å². The smallest absolute Gasteiger partial charge is 0.150 e. The van der Waals surface area contributed by atoms with Crippen LogP contribution >= 0.6 is 11.6 Å². The van der Waals surface area contributed by atoms with Crippen molar-refractivity contribution in [2.24, 2.45) is 5.84 Å². The molecular weight excluding hydrogens is 241 g/mol. The van der Waals surface area contributed by atoms with E-state index in [-0.39, 0.29) is 11.4 Å². The number of nitrogens with one attached hydrogen (secondary N) is 1. The number of nitrogens with zero attached hydrogens (tertiary/aromatic N) is 1. The van der Waals surface area contributed by atoms with E-state index < -0.39 is 5.82 Å². The van der Waals surface area contributed by atoms with Gasteiger partial charge in [-0.1, -0.05) is 25.4 Å². The summed E-state index contributed by atoms with van der Waals surface area (Å²) in [4.78, 5) is 4.29. The Morgan fingerprint density at radius 1 is 1.35 bits per heavy atom. The van der Waals surface area contributed by atoms with E-state index in [1.165, 1.54) is 6.07 Å². The molecule has 0 saturated carbocycles. The number of benzene rings is 1. The number of fused-ring (bicyclic) bond motifs is 1. The minimum Gasteiger partial charge on any atom is -0.323 e. The summed E-state index contributed by atoms with van der Waals surface area (Å²) in [7, 11) is 0. The van der Waals surface area contributed by atoms with Crippen molar-refractivity contribution in [2.45, 2.75) is 19.8 Å². The first-order chi connectivity index (χ1) is 8.02. The lowest BCUT2D eigenvalue weighted by Gasteiger charge is -2.11. The van der Waals surface area contributed by atoms with Gasteiger partial charge in [-0.3, -0.25) is 5.84 Å². The first-order valence-corrected chi connectivity index (χ1v) is 5.67. The summed E-state index contributed by atoms with van der Waals surface area (Å²) in [6, 6.07) is 4.70. The highest BCUT2D eigenvalue weighted by Crippen LogP contribution is 2.29. The summed E-state index contributed by atoms with van der Waals surface area (Å²) < 4.78 is 13.8. The van der Waals surface area contributed by atoms with Crippen molar-refractivity contribution < 1.29 is 4.39 Å². The molecule has 0 spiro atoms. The van der Waals surface area contributed by atoms with Crippen molar-refractivity contribution in [3.8, 4) is 0 Å². The van der Waals surface area contributed by atoms with Crippen LogP contribution in [-0.4, -0.2) is 4.98 Å². The third-order valence-corrected chi connectivity index (χ3v) is 2.82. The molecule has 0 fully saturated rings. The zero-order valence-electron chi connectivity index (χ0n) is 9.59. The summed E-state index contributed by atoms with van der Waals surface area (Å²) >= 11 is 5.82. The van der Waals surface area contributed by atoms with Crippen LogP contribution in [0.4, 0.5) is 10.1 Å². The van der Waals surface area contributed by atoms with Gasteiger partial charge in [0.1, 0.15) is 5.52 Å². The van der Waals surface area contributed by atoms with Crippen LogP contribution in [0.5, 0.6) is 0 Å². The van der Waals surface area contributed by atoms with Crippen molar-refractivity contribution in [1.82, 2.24) is 4.98 Å². The lowest BCUT2D eigenvalue weighted by molar-refractivity contribution is 0.635. The van der Waals surface area contributed by atoms with Crippen LogP contribution in [-0.2, 0) is 0 Å². The normalized spacial score (nSPS) is 11.2. The highest BCUT2D eigenvalue weighted by atomic mass is 35.5. The molecule has 0 aliphatic heterocycles. The molecule has 0 saturated heterocycles. The van der Waals surface area contributed by atoms with E-state index >= 15 is 0 Å². The summed E-state index contributed by atoms with van der Waals surface area (Å²) in [5.41, 5.74) is 4.25. The van der Waals surface area contributed by atoms with Gasteiger partial charge in [-0.15, -0.1) is 0 Å². The van der Waals surface area contributed by atoms with Crippen LogP contribution in [0.25, 0.3) is 10.9 Å². The predicted octanol–water partition coefficient (Wildman–Crippen LogP) is 3.44. The molecule has 0 atom stereocenters. The van der Waals surface area contributed by atoms with Crippen LogP contribution < -0.4 is 11.3 Å². The van der Waals surface area contributed by atoms with Crippen LogP contribution in [0.1, 0.15) is 25.5 Å². The molecule has 0 aliphatic rings. The summed E-state index contributed by atoms with van der Waals surface area (Å²) in [6.45, 7) is 3.98. The zero-order chi connectivity index (χ0) is 12.6. The average Bonchev–Trinajstić information content (AvgIpc) is 2.27. The van der Waals surface area contributed by atoms with E-state index in [0.717, 1.165) is 5.69 Å². The Bertz CT molecular complexity index is 569. The molecule has 2 rings (SSSR count). The van der Waals surface area contributed by atoms with Gasteiger partial charge in [-0.05, 0) is 24.1 Å². The number of hydrogen-bond acceptors (Lipinski definition) is 3. The molecule has 3 nitrogen and oxygen atoms in total. The lowest BCUT2D eigenvalue weighted by Crippen LogP contribution is -2.09. The van der Waals surface area contributed by atoms with Gasteiger partial charge in [0.2, 0.25) is 0 Å². The molecule has 5 heteroatoms. The second-order valence-electron chi connectivity index (χ2n) is 4.18. The van der Waals surface area contributed by atoms with E-state index in [9.17, 15) is 4.39 Å². The summed E-state index contributed by atoms with van der Waals surface area (Å²) in [6.07, 6.45) is 0. The first kappa shape index (κ1) is 12.1. The monoisotopic (exact) mass is 253 g/mol. The molecule has 0 unspecified atom stereocenters. The number of nitrogen functional groups attached to an aromatic ring is 1. The molecule has 3 N–H and O–H groups in total. The third kappa shape index (κ3) is 2.18. The summed E-state index contributed by atoms with van der Waals surface area (Å²) in [5, 5.41) is 0.910. The second kappa shape index (κ2) is 4.47. The van der Waals surface area contributed by atoms with Gasteiger partial charge in [0.05, 0.1) is 5.69 Å². The number of pyridine rings is 1. The van der Waals surface area contributed by atoms with Crippen molar-refractivity contribution in [2.75, 3.05) is 5.43 Å². The molecule has 0 radical (unpaired) electrons. The third-order valence-electron chi connectivity index (χ3n) is 2.60. The number of hydrogen-bond donors (Lipinski definition) is 2. The van der Waals surface area contributed by atoms with Gasteiger partial charge in [-0.2, -0.15) is 0 Å². The van der Waals surface area contributed by atoms with Gasteiger partial charge >= 0.3 is 0 Å². The number of anilines is 1. The molecular formula is C12H13ClFN3. The van der Waals surface area contributed by atoms with E-state index in [4.69, 9.17) is 17.4 Å². The van der Waals surface area contributed by atoms with E-state index in [0.29, 0.717) is 16.1 Å². The minimum absolute atomic E-state index is 0.196. The molecule has 2 aromatic rings. The standard InChI is InChI=1S/C12H13ClFN3/c1-6(2)10-5-11(17-15)8-3-7(13)4-9(14)12(8)16-10/h3-6H,15H2,1-2H3,(H,16,17). The lowest BCUT2D eigenvalue weighted by atomic mass is 10.1. The Labute approximate surface area is 104 Å². The van der Waals surface area contributed by atoms with Gasteiger partial charge in [0, 0.05) is 16.1 Å². The van der Waals surface area contributed by atoms with Crippen LogP contribution in [0.2, 0.25) is 5.02 Å². The maximum absolute atomic E-state index is 13.8. The van der Waals surface area contributed by atoms with E-state index in [1.807, 2.05) is 19.9 Å². The van der Waals surface area contributed by atoms with E-state index in [2.05, 4.69) is 10.4 Å². The van der Waals surface area contributed by atoms with Gasteiger partial charge < -0.3 is 5.43 Å². The quantitative estimate of drug-likeness (QED) is 0.637. The second-order valence-corrected chi connectivity index (χ2v) is 4.61. The molecule has 90 valence electrons. The summed E-state index contributed by atoms with van der Waals surface area (Å²) in [5.74, 6) is 5.20. The van der Waals surface area contributed by atoms with Crippen LogP contribution in [0.15, 0.2) is 18.2 Å². The van der Waals surface area contributed by atoms with Crippen molar-refractivity contribution in [3.05, 3.63) is 34.7 Å². The fourth-order valence-corrected chi connectivity index (χ4v) is 1.89. The molecule has 1 aromatic heterocycles. The fraction of sp³-hybridized carbons (Fsp3) is 0.250. The number of aromatic nitrogens is 1. The van der Waals surface area contributed by atoms with Gasteiger partial charge in [0.15, 0.2) is 5.82 Å². The highest BCUT2D eigenvalue weighted by Gasteiger charge is 2.12. The van der Waals surface area contributed by atoms with Gasteiger partial charge in [0.25, 0.3) is 0 Å². The SMILES string of the molecule is CC(C)c1cc(NN)c2cc(Cl)cc(F)c2n1. The minimum atomic E-state index is -0.438. The number of halogens is 2. The zero-order valence-corrected chi connectivity index (χ0v) is 10.3. The van der Waals surface area contributed by atoms with Crippen molar-refractivity contribution in [1.29, 1.82) is 0 Å². The Morgan fingerprint density at radius 2 is 2.06 bits per heavy atom. The van der Waals surface area contributed by atoms with Crippen molar-refractivity contribution in [3.63, 3.8) is 0 Å². The Hall–Kier alpha value is -1.39. The molecule has 0 bridgehead atoms. The molecule has 0 aliphatic carbocycles. The molecule has 0 amide bonds. The Balaban J connectivity index is 2.82. The Kier molecular flexibility index (Phi) is 3.17. The maximum Gasteiger partial charge on any atom is 0.150 e. The largest absolute Gasteiger partial charge is 0.323 e. The topological polar surface area (TPSA) is 50.9 Å². The van der Waals surface area contributed by atoms with Crippen LogP contribution in [0.3, 0.4) is 0 Å².